The fourth-order valence-electron chi connectivity index (χ4n) is 1.34. The van der Waals surface area contributed by atoms with E-state index < -0.39 is 0 Å². The average Bonchev–Trinajstić information content (AvgIpc) is 2.25. The van der Waals surface area contributed by atoms with E-state index in [0.717, 1.165) is 25.2 Å². The Hall–Kier alpha value is -0.960. The fraction of sp³-hybridized carbons (Fsp3) is 0.583. The Morgan fingerprint density at radius 2 is 2.31 bits per heavy atom. The summed E-state index contributed by atoms with van der Waals surface area (Å²) in [5, 5.41) is 3.49. The number of aromatic nitrogens is 1. The van der Waals surface area contributed by atoms with Crippen LogP contribution in [-0.2, 0) is 0 Å². The van der Waals surface area contributed by atoms with Gasteiger partial charge in [-0.05, 0) is 32.8 Å². The summed E-state index contributed by atoms with van der Waals surface area (Å²) in [6.07, 6.45) is 2.06. The van der Waals surface area contributed by atoms with Gasteiger partial charge in [0.25, 0.3) is 0 Å². The number of alkyl halides is 1. The molecule has 1 N–H and O–H groups in total. The van der Waals surface area contributed by atoms with Gasteiger partial charge in [-0.3, -0.25) is 0 Å². The third kappa shape index (κ3) is 5.21. The predicted octanol–water partition coefficient (Wildman–Crippen LogP) is 3.30. The van der Waals surface area contributed by atoms with E-state index in [9.17, 15) is 0 Å². The van der Waals surface area contributed by atoms with Crippen LogP contribution in [0.5, 0.6) is 5.88 Å². The first-order chi connectivity index (χ1) is 7.72. The van der Waals surface area contributed by atoms with Gasteiger partial charge in [-0.15, -0.1) is 11.6 Å². The Labute approximate surface area is 102 Å². The maximum atomic E-state index is 5.86. The van der Waals surface area contributed by atoms with Crippen molar-refractivity contribution in [3.63, 3.8) is 0 Å². The summed E-state index contributed by atoms with van der Waals surface area (Å²) in [6.45, 7) is 5.49. The summed E-state index contributed by atoms with van der Waals surface area (Å²) in [7, 11) is 0. The van der Waals surface area contributed by atoms with Crippen LogP contribution in [-0.4, -0.2) is 23.5 Å². The normalized spacial score (nSPS) is 12.2. The number of nitrogens with zero attached hydrogens (tertiary/aromatic N) is 1. The first kappa shape index (κ1) is 13.1. The van der Waals surface area contributed by atoms with E-state index in [0.29, 0.717) is 12.5 Å². The zero-order valence-electron chi connectivity index (χ0n) is 9.87. The predicted molar refractivity (Wildman–Crippen MR) is 68.4 cm³/mol. The van der Waals surface area contributed by atoms with Crippen molar-refractivity contribution >= 4 is 17.4 Å². The van der Waals surface area contributed by atoms with E-state index in [4.69, 9.17) is 16.3 Å². The summed E-state index contributed by atoms with van der Waals surface area (Å²) in [6, 6.07) is 5.73. The molecule has 0 fully saturated rings. The van der Waals surface area contributed by atoms with Crippen LogP contribution in [0.4, 0.5) is 5.82 Å². The maximum Gasteiger partial charge on any atom is 0.215 e. The highest BCUT2D eigenvalue weighted by Gasteiger charge is 1.98. The molecule has 0 spiro atoms. The van der Waals surface area contributed by atoms with Gasteiger partial charge < -0.3 is 10.1 Å². The maximum absolute atomic E-state index is 5.86. The van der Waals surface area contributed by atoms with Gasteiger partial charge in [0.15, 0.2) is 0 Å². The molecule has 0 aliphatic carbocycles. The molecule has 1 unspecified atom stereocenters. The van der Waals surface area contributed by atoms with E-state index >= 15 is 0 Å². The topological polar surface area (TPSA) is 34.1 Å². The molecule has 1 rings (SSSR count). The quantitative estimate of drug-likeness (QED) is 0.589. The Morgan fingerprint density at radius 1 is 1.50 bits per heavy atom. The Balaban J connectivity index is 2.33. The van der Waals surface area contributed by atoms with Gasteiger partial charge in [0.2, 0.25) is 5.88 Å². The standard InChI is InChI=1S/C12H19ClN2O/c1-3-16-12-8-4-7-11(15-12)14-9-5-6-10(2)13/h4,7-8,10H,3,5-6,9H2,1-2H3,(H,14,15). The molecule has 1 atom stereocenters. The van der Waals surface area contributed by atoms with E-state index in [-0.39, 0.29) is 5.38 Å². The van der Waals surface area contributed by atoms with Gasteiger partial charge in [0, 0.05) is 18.0 Å². The lowest BCUT2D eigenvalue weighted by Crippen LogP contribution is -2.06. The lowest BCUT2D eigenvalue weighted by Gasteiger charge is -2.08. The van der Waals surface area contributed by atoms with Crippen LogP contribution in [0.15, 0.2) is 18.2 Å². The second-order valence-corrected chi connectivity index (χ2v) is 4.39. The number of anilines is 1. The number of ether oxygens (including phenoxy) is 1. The van der Waals surface area contributed by atoms with Crippen LogP contribution in [0.1, 0.15) is 26.7 Å². The van der Waals surface area contributed by atoms with Crippen molar-refractivity contribution in [3.05, 3.63) is 18.2 Å². The van der Waals surface area contributed by atoms with Gasteiger partial charge in [0.05, 0.1) is 6.61 Å². The second-order valence-electron chi connectivity index (χ2n) is 3.64. The van der Waals surface area contributed by atoms with E-state index in [1.807, 2.05) is 32.0 Å². The molecule has 0 aromatic carbocycles. The molecule has 0 amide bonds. The molecule has 1 heterocycles. The van der Waals surface area contributed by atoms with Crippen molar-refractivity contribution in [1.82, 2.24) is 4.98 Å². The molecular weight excluding hydrogens is 224 g/mol. The largest absolute Gasteiger partial charge is 0.478 e. The molecule has 0 bridgehead atoms. The van der Waals surface area contributed by atoms with Crippen LogP contribution in [0.25, 0.3) is 0 Å². The van der Waals surface area contributed by atoms with Crippen molar-refractivity contribution in [2.24, 2.45) is 0 Å². The summed E-state index contributed by atoms with van der Waals surface area (Å²) < 4.78 is 5.32. The Morgan fingerprint density at radius 3 is 3.00 bits per heavy atom. The van der Waals surface area contributed by atoms with Gasteiger partial charge in [-0.25, -0.2) is 0 Å². The monoisotopic (exact) mass is 242 g/mol. The molecule has 0 aliphatic rings. The van der Waals surface area contributed by atoms with Gasteiger partial charge in [-0.2, -0.15) is 4.98 Å². The summed E-state index contributed by atoms with van der Waals surface area (Å²) >= 11 is 5.86. The van der Waals surface area contributed by atoms with Crippen LogP contribution in [0.2, 0.25) is 0 Å². The second kappa shape index (κ2) is 7.34. The van der Waals surface area contributed by atoms with Crippen LogP contribution in [0.3, 0.4) is 0 Å². The van der Waals surface area contributed by atoms with Gasteiger partial charge in [-0.1, -0.05) is 6.07 Å². The molecule has 90 valence electrons. The van der Waals surface area contributed by atoms with E-state index in [1.165, 1.54) is 0 Å². The molecule has 3 nitrogen and oxygen atoms in total. The SMILES string of the molecule is CCOc1cccc(NCCCC(C)Cl)n1. The third-order valence-corrected chi connectivity index (χ3v) is 2.32. The highest BCUT2D eigenvalue weighted by Crippen LogP contribution is 2.11. The van der Waals surface area contributed by atoms with E-state index in [1.54, 1.807) is 0 Å². The molecule has 0 radical (unpaired) electrons. The molecule has 0 saturated heterocycles. The smallest absolute Gasteiger partial charge is 0.215 e. The highest BCUT2D eigenvalue weighted by atomic mass is 35.5. The van der Waals surface area contributed by atoms with Crippen molar-refractivity contribution in [3.8, 4) is 5.88 Å². The Kier molecular flexibility index (Phi) is 6.01. The number of pyridine rings is 1. The number of nitrogens with one attached hydrogen (secondary N) is 1. The van der Waals surface area contributed by atoms with Crippen molar-refractivity contribution in [1.29, 1.82) is 0 Å². The number of hydrogen-bond acceptors (Lipinski definition) is 3. The molecule has 0 saturated carbocycles. The number of hydrogen-bond donors (Lipinski definition) is 1. The number of rotatable bonds is 7. The summed E-state index contributed by atoms with van der Waals surface area (Å²) in [5.74, 6) is 1.52. The summed E-state index contributed by atoms with van der Waals surface area (Å²) in [5.41, 5.74) is 0. The minimum absolute atomic E-state index is 0.240. The van der Waals surface area contributed by atoms with Crippen molar-refractivity contribution < 1.29 is 4.74 Å². The van der Waals surface area contributed by atoms with Gasteiger partial charge >= 0.3 is 0 Å². The lowest BCUT2D eigenvalue weighted by molar-refractivity contribution is 0.327. The third-order valence-electron chi connectivity index (χ3n) is 2.10. The minimum atomic E-state index is 0.240. The first-order valence-electron chi connectivity index (χ1n) is 5.70. The minimum Gasteiger partial charge on any atom is -0.478 e. The average molecular weight is 243 g/mol. The van der Waals surface area contributed by atoms with E-state index in [2.05, 4.69) is 10.3 Å². The lowest BCUT2D eigenvalue weighted by atomic mass is 10.2. The molecule has 1 aromatic rings. The molecule has 1 aromatic heterocycles. The van der Waals surface area contributed by atoms with Gasteiger partial charge in [0.1, 0.15) is 5.82 Å². The Bertz CT molecular complexity index is 305. The molecule has 16 heavy (non-hydrogen) atoms. The highest BCUT2D eigenvalue weighted by molar-refractivity contribution is 6.20. The van der Waals surface area contributed by atoms with Crippen LogP contribution < -0.4 is 10.1 Å². The molecule has 4 heteroatoms. The first-order valence-corrected chi connectivity index (χ1v) is 6.13. The molecular formula is C12H19ClN2O. The van der Waals surface area contributed by atoms with Crippen LogP contribution >= 0.6 is 11.6 Å². The van der Waals surface area contributed by atoms with Crippen molar-refractivity contribution in [2.45, 2.75) is 32.1 Å². The summed E-state index contributed by atoms with van der Waals surface area (Å²) in [4.78, 5) is 4.31. The zero-order chi connectivity index (χ0) is 11.8. The molecule has 0 aliphatic heterocycles. The van der Waals surface area contributed by atoms with Crippen molar-refractivity contribution in [2.75, 3.05) is 18.5 Å². The fourth-order valence-corrected chi connectivity index (χ4v) is 1.50. The van der Waals surface area contributed by atoms with Crippen LogP contribution in [0, 0.1) is 0 Å². The zero-order valence-corrected chi connectivity index (χ0v) is 10.6. The number of halogens is 1.